The molecule has 2 aromatic carbocycles. The fraction of sp³-hybridized carbons (Fsp3) is 0.200. The van der Waals surface area contributed by atoms with Crippen molar-refractivity contribution in [1.82, 2.24) is 5.32 Å². The molecule has 0 saturated heterocycles. The number of rotatable bonds is 5. The zero-order valence-electron chi connectivity index (χ0n) is 10.00. The van der Waals surface area contributed by atoms with Crippen LogP contribution in [-0.2, 0) is 13.0 Å². The Balaban J connectivity index is 1.73. The van der Waals surface area contributed by atoms with E-state index in [1.807, 2.05) is 12.1 Å². The molecule has 18 heavy (non-hydrogen) atoms. The molecule has 1 N–H and O–H groups in total. The van der Waals surface area contributed by atoms with Crippen LogP contribution in [0.5, 0.6) is 0 Å². The van der Waals surface area contributed by atoms with Crippen molar-refractivity contribution >= 4 is 34.2 Å². The van der Waals surface area contributed by atoms with Crippen LogP contribution in [0.3, 0.4) is 0 Å². The van der Waals surface area contributed by atoms with Crippen molar-refractivity contribution in [2.75, 3.05) is 6.54 Å². The van der Waals surface area contributed by atoms with Gasteiger partial charge in [-0.15, -0.1) is 0 Å². The second kappa shape index (κ2) is 7.12. The van der Waals surface area contributed by atoms with Gasteiger partial charge in [-0.05, 0) is 70.9 Å². The van der Waals surface area contributed by atoms with E-state index in [9.17, 15) is 0 Å². The largest absolute Gasteiger partial charge is 0.312 e. The van der Waals surface area contributed by atoms with Gasteiger partial charge in [0.25, 0.3) is 0 Å². The number of benzene rings is 2. The van der Waals surface area contributed by atoms with Gasteiger partial charge < -0.3 is 5.32 Å². The molecule has 0 aliphatic carbocycles. The summed E-state index contributed by atoms with van der Waals surface area (Å²) in [6.07, 6.45) is 1.03. The van der Waals surface area contributed by atoms with Gasteiger partial charge in [-0.2, -0.15) is 0 Å². The van der Waals surface area contributed by atoms with E-state index >= 15 is 0 Å². The topological polar surface area (TPSA) is 12.0 Å². The third kappa shape index (κ3) is 4.59. The fourth-order valence-electron chi connectivity index (χ4n) is 1.72. The summed E-state index contributed by atoms with van der Waals surface area (Å²) in [6, 6.07) is 16.6. The molecule has 0 radical (unpaired) electrons. The standard InChI is InChI=1S/C15H15ClIN/c16-14-5-1-12(2-6-14)9-10-18-11-13-3-7-15(17)8-4-13/h1-8,18H,9-11H2. The van der Waals surface area contributed by atoms with Crippen LogP contribution < -0.4 is 5.32 Å². The first-order valence-electron chi connectivity index (χ1n) is 5.93. The van der Waals surface area contributed by atoms with Crippen molar-refractivity contribution < 1.29 is 0 Å². The second-order valence-corrected chi connectivity index (χ2v) is 5.86. The van der Waals surface area contributed by atoms with Gasteiger partial charge >= 0.3 is 0 Å². The van der Waals surface area contributed by atoms with Crippen molar-refractivity contribution in [2.45, 2.75) is 13.0 Å². The normalized spacial score (nSPS) is 10.6. The maximum absolute atomic E-state index is 5.85. The average Bonchev–Trinajstić information content (AvgIpc) is 2.39. The van der Waals surface area contributed by atoms with E-state index in [0.29, 0.717) is 0 Å². The summed E-state index contributed by atoms with van der Waals surface area (Å²) in [4.78, 5) is 0. The lowest BCUT2D eigenvalue weighted by Gasteiger charge is -2.05. The van der Waals surface area contributed by atoms with Gasteiger partial charge in [0, 0.05) is 15.1 Å². The summed E-state index contributed by atoms with van der Waals surface area (Å²) in [5.41, 5.74) is 2.64. The Morgan fingerprint density at radius 3 is 2.17 bits per heavy atom. The zero-order chi connectivity index (χ0) is 12.8. The molecular weight excluding hydrogens is 357 g/mol. The highest BCUT2D eigenvalue weighted by Gasteiger charge is 1.95. The van der Waals surface area contributed by atoms with E-state index in [0.717, 1.165) is 24.5 Å². The van der Waals surface area contributed by atoms with Gasteiger partial charge in [-0.3, -0.25) is 0 Å². The Labute approximate surface area is 127 Å². The lowest BCUT2D eigenvalue weighted by Crippen LogP contribution is -2.16. The molecule has 2 rings (SSSR count). The van der Waals surface area contributed by atoms with Crippen LogP contribution in [0.25, 0.3) is 0 Å². The van der Waals surface area contributed by atoms with Crippen LogP contribution in [0.4, 0.5) is 0 Å². The van der Waals surface area contributed by atoms with Crippen LogP contribution in [0, 0.1) is 3.57 Å². The van der Waals surface area contributed by atoms with Gasteiger partial charge in [0.05, 0.1) is 0 Å². The van der Waals surface area contributed by atoms with Crippen LogP contribution in [0.2, 0.25) is 5.02 Å². The molecule has 0 amide bonds. The summed E-state index contributed by atoms with van der Waals surface area (Å²) >= 11 is 8.17. The highest BCUT2D eigenvalue weighted by molar-refractivity contribution is 14.1. The predicted octanol–water partition coefficient (Wildman–Crippen LogP) is 4.28. The van der Waals surface area contributed by atoms with Gasteiger partial charge in [-0.25, -0.2) is 0 Å². The Hall–Kier alpha value is -0.580. The molecule has 0 saturated carbocycles. The Morgan fingerprint density at radius 2 is 1.50 bits per heavy atom. The minimum Gasteiger partial charge on any atom is -0.312 e. The monoisotopic (exact) mass is 371 g/mol. The van der Waals surface area contributed by atoms with E-state index in [-0.39, 0.29) is 0 Å². The summed E-state index contributed by atoms with van der Waals surface area (Å²) in [7, 11) is 0. The Morgan fingerprint density at radius 1 is 0.889 bits per heavy atom. The summed E-state index contributed by atoms with van der Waals surface area (Å²) in [6.45, 7) is 1.90. The molecule has 0 fully saturated rings. The lowest BCUT2D eigenvalue weighted by atomic mass is 10.1. The molecule has 3 heteroatoms. The highest BCUT2D eigenvalue weighted by atomic mass is 127. The predicted molar refractivity (Wildman–Crippen MR) is 86.0 cm³/mol. The molecular formula is C15H15ClIN. The second-order valence-electron chi connectivity index (χ2n) is 4.18. The maximum Gasteiger partial charge on any atom is 0.0406 e. The number of hydrogen-bond donors (Lipinski definition) is 1. The number of halogens is 2. The van der Waals surface area contributed by atoms with E-state index in [1.165, 1.54) is 14.7 Å². The molecule has 0 unspecified atom stereocenters. The summed E-state index contributed by atoms with van der Waals surface area (Å²) in [5.74, 6) is 0. The van der Waals surface area contributed by atoms with Crippen molar-refractivity contribution in [3.8, 4) is 0 Å². The minimum absolute atomic E-state index is 0.797. The molecule has 0 atom stereocenters. The molecule has 0 bridgehead atoms. The highest BCUT2D eigenvalue weighted by Crippen LogP contribution is 2.10. The van der Waals surface area contributed by atoms with Crippen molar-refractivity contribution in [2.24, 2.45) is 0 Å². The summed E-state index contributed by atoms with van der Waals surface area (Å²) in [5, 5.41) is 4.25. The Bertz CT molecular complexity index is 431. The molecule has 0 spiro atoms. The van der Waals surface area contributed by atoms with Crippen molar-refractivity contribution in [3.05, 3.63) is 68.3 Å². The maximum atomic E-state index is 5.85. The van der Waals surface area contributed by atoms with E-state index in [1.54, 1.807) is 0 Å². The van der Waals surface area contributed by atoms with Crippen molar-refractivity contribution in [1.29, 1.82) is 0 Å². The molecule has 0 aliphatic rings. The van der Waals surface area contributed by atoms with Crippen LogP contribution >= 0.6 is 34.2 Å². The lowest BCUT2D eigenvalue weighted by molar-refractivity contribution is 0.687. The third-order valence-corrected chi connectivity index (χ3v) is 3.72. The van der Waals surface area contributed by atoms with Gasteiger partial charge in [0.15, 0.2) is 0 Å². The van der Waals surface area contributed by atoms with E-state index < -0.39 is 0 Å². The smallest absolute Gasteiger partial charge is 0.0406 e. The first-order valence-corrected chi connectivity index (χ1v) is 7.39. The van der Waals surface area contributed by atoms with Crippen molar-refractivity contribution in [3.63, 3.8) is 0 Å². The van der Waals surface area contributed by atoms with Crippen LogP contribution in [-0.4, -0.2) is 6.54 Å². The van der Waals surface area contributed by atoms with Gasteiger partial charge in [0.1, 0.15) is 0 Å². The number of hydrogen-bond acceptors (Lipinski definition) is 1. The summed E-state index contributed by atoms with van der Waals surface area (Å²) < 4.78 is 1.28. The first-order chi connectivity index (χ1) is 8.74. The number of nitrogens with one attached hydrogen (secondary N) is 1. The molecule has 0 aliphatic heterocycles. The molecule has 0 aromatic heterocycles. The van der Waals surface area contributed by atoms with Gasteiger partial charge in [0.2, 0.25) is 0 Å². The average molecular weight is 372 g/mol. The Kier molecular flexibility index (Phi) is 5.47. The molecule has 2 aromatic rings. The van der Waals surface area contributed by atoms with E-state index in [4.69, 9.17) is 11.6 Å². The van der Waals surface area contributed by atoms with E-state index in [2.05, 4.69) is 64.3 Å². The fourth-order valence-corrected chi connectivity index (χ4v) is 2.20. The minimum atomic E-state index is 0.797. The zero-order valence-corrected chi connectivity index (χ0v) is 12.9. The molecule has 1 nitrogen and oxygen atoms in total. The molecule has 0 heterocycles. The first kappa shape index (κ1) is 13.8. The third-order valence-electron chi connectivity index (χ3n) is 2.75. The SMILES string of the molecule is Clc1ccc(CCNCc2ccc(I)cc2)cc1. The molecule has 94 valence electrons. The van der Waals surface area contributed by atoms with Crippen LogP contribution in [0.1, 0.15) is 11.1 Å². The quantitative estimate of drug-likeness (QED) is 0.611. The van der Waals surface area contributed by atoms with Gasteiger partial charge in [-0.1, -0.05) is 35.9 Å². The van der Waals surface area contributed by atoms with Crippen LogP contribution in [0.15, 0.2) is 48.5 Å².